The highest BCUT2D eigenvalue weighted by Crippen LogP contribution is 2.18. The van der Waals surface area contributed by atoms with Crippen LogP contribution in [-0.4, -0.2) is 34.9 Å². The fourth-order valence-electron chi connectivity index (χ4n) is 3.10. The Morgan fingerprint density at radius 3 is 2.30 bits per heavy atom. The van der Waals surface area contributed by atoms with Crippen molar-refractivity contribution in [2.75, 3.05) is 6.61 Å². The summed E-state index contributed by atoms with van der Waals surface area (Å²) >= 11 is 5.90. The van der Waals surface area contributed by atoms with Crippen LogP contribution in [0.2, 0.25) is 5.02 Å². The maximum absolute atomic E-state index is 13.2. The molecule has 30 heavy (non-hydrogen) atoms. The maximum atomic E-state index is 13.2. The van der Waals surface area contributed by atoms with Crippen LogP contribution in [0.3, 0.4) is 0 Å². The van der Waals surface area contributed by atoms with E-state index in [1.807, 2.05) is 58.9 Å². The zero-order chi connectivity index (χ0) is 22.3. The molecule has 0 spiro atoms. The summed E-state index contributed by atoms with van der Waals surface area (Å²) in [6.07, 6.45) is 0.500. The van der Waals surface area contributed by atoms with Gasteiger partial charge in [-0.25, -0.2) is 0 Å². The Balaban J connectivity index is 2.24. The Kier molecular flexibility index (Phi) is 8.30. The molecule has 5 nitrogen and oxygen atoms in total. The van der Waals surface area contributed by atoms with Gasteiger partial charge in [0.25, 0.3) is 5.91 Å². The van der Waals surface area contributed by atoms with E-state index in [9.17, 15) is 9.59 Å². The minimum Gasteiger partial charge on any atom is -0.484 e. The van der Waals surface area contributed by atoms with Crippen molar-refractivity contribution < 1.29 is 14.3 Å². The molecule has 1 unspecified atom stereocenters. The van der Waals surface area contributed by atoms with Crippen LogP contribution in [0.15, 0.2) is 48.5 Å². The van der Waals surface area contributed by atoms with Crippen molar-refractivity contribution in [3.05, 3.63) is 64.7 Å². The van der Waals surface area contributed by atoms with Gasteiger partial charge in [-0.1, -0.05) is 42.8 Å². The molecule has 1 N–H and O–H groups in total. The highest BCUT2D eigenvalue weighted by Gasteiger charge is 2.31. The summed E-state index contributed by atoms with van der Waals surface area (Å²) < 4.78 is 5.67. The fourth-order valence-corrected chi connectivity index (χ4v) is 3.23. The number of hydrogen-bond acceptors (Lipinski definition) is 3. The summed E-state index contributed by atoms with van der Waals surface area (Å²) in [5, 5.41) is 3.59. The van der Waals surface area contributed by atoms with Gasteiger partial charge in [0.05, 0.1) is 0 Å². The zero-order valence-electron chi connectivity index (χ0n) is 18.4. The number of nitrogens with zero attached hydrogens (tertiary/aromatic N) is 1. The van der Waals surface area contributed by atoms with Crippen LogP contribution in [0.25, 0.3) is 0 Å². The third-order valence-electron chi connectivity index (χ3n) is 4.66. The average molecular weight is 431 g/mol. The number of rotatable bonds is 8. The molecular weight excluding hydrogens is 400 g/mol. The smallest absolute Gasteiger partial charge is 0.261 e. The average Bonchev–Trinajstić information content (AvgIpc) is 2.67. The van der Waals surface area contributed by atoms with Crippen LogP contribution in [0.4, 0.5) is 0 Å². The predicted molar refractivity (Wildman–Crippen MR) is 121 cm³/mol. The van der Waals surface area contributed by atoms with Crippen LogP contribution >= 0.6 is 11.6 Å². The van der Waals surface area contributed by atoms with Crippen molar-refractivity contribution in [3.63, 3.8) is 0 Å². The van der Waals surface area contributed by atoms with E-state index in [1.165, 1.54) is 0 Å². The number of benzene rings is 2. The second-order valence-corrected chi connectivity index (χ2v) is 8.79. The van der Waals surface area contributed by atoms with Crippen molar-refractivity contribution in [3.8, 4) is 5.75 Å². The lowest BCUT2D eigenvalue weighted by atomic mass is 10.0. The maximum Gasteiger partial charge on any atom is 0.261 e. The van der Waals surface area contributed by atoms with Crippen LogP contribution < -0.4 is 10.1 Å². The normalized spacial score (nSPS) is 12.2. The summed E-state index contributed by atoms with van der Waals surface area (Å²) in [7, 11) is 0. The van der Waals surface area contributed by atoms with E-state index in [0.717, 1.165) is 11.1 Å². The monoisotopic (exact) mass is 430 g/mol. The van der Waals surface area contributed by atoms with Gasteiger partial charge in [0.2, 0.25) is 5.91 Å². The first-order valence-electron chi connectivity index (χ1n) is 10.1. The Labute approximate surface area is 184 Å². The molecule has 0 aliphatic rings. The first-order chi connectivity index (χ1) is 14.1. The van der Waals surface area contributed by atoms with Gasteiger partial charge in [-0.2, -0.15) is 0 Å². The van der Waals surface area contributed by atoms with Crippen molar-refractivity contribution >= 4 is 23.4 Å². The lowest BCUT2D eigenvalue weighted by Gasteiger charge is -2.33. The molecule has 0 saturated heterocycles. The number of hydrogen-bond donors (Lipinski definition) is 1. The number of aryl methyl sites for hydroxylation is 1. The molecule has 0 radical (unpaired) electrons. The summed E-state index contributed by atoms with van der Waals surface area (Å²) in [5.74, 6) is 0.137. The van der Waals surface area contributed by atoms with Crippen molar-refractivity contribution in [1.29, 1.82) is 0 Å². The lowest BCUT2D eigenvalue weighted by molar-refractivity contribution is -0.143. The Bertz CT molecular complexity index is 859. The van der Waals surface area contributed by atoms with E-state index in [2.05, 4.69) is 5.32 Å². The van der Waals surface area contributed by atoms with Crippen LogP contribution in [0.5, 0.6) is 5.75 Å². The molecule has 0 aliphatic carbocycles. The molecule has 0 aliphatic heterocycles. The van der Waals surface area contributed by atoms with E-state index in [1.54, 1.807) is 29.2 Å². The van der Waals surface area contributed by atoms with Gasteiger partial charge < -0.3 is 15.0 Å². The van der Waals surface area contributed by atoms with Crippen LogP contribution in [0.1, 0.15) is 45.2 Å². The number of carbonyl (C=O) groups is 2. The van der Waals surface area contributed by atoms with E-state index in [4.69, 9.17) is 16.3 Å². The highest BCUT2D eigenvalue weighted by atomic mass is 35.5. The van der Waals surface area contributed by atoms with Gasteiger partial charge in [0.15, 0.2) is 6.61 Å². The summed E-state index contributed by atoms with van der Waals surface area (Å²) in [4.78, 5) is 27.7. The number of nitrogens with one attached hydrogen (secondary N) is 1. The van der Waals surface area contributed by atoms with Gasteiger partial charge >= 0.3 is 0 Å². The first kappa shape index (κ1) is 23.7. The van der Waals surface area contributed by atoms with Crippen molar-refractivity contribution in [1.82, 2.24) is 10.2 Å². The largest absolute Gasteiger partial charge is 0.484 e. The molecule has 0 saturated carbocycles. The first-order valence-corrected chi connectivity index (χ1v) is 10.5. The van der Waals surface area contributed by atoms with E-state index in [-0.39, 0.29) is 24.0 Å². The van der Waals surface area contributed by atoms with Gasteiger partial charge in [-0.15, -0.1) is 0 Å². The summed E-state index contributed by atoms with van der Waals surface area (Å²) in [6, 6.07) is 14.1. The topological polar surface area (TPSA) is 58.6 Å². The third-order valence-corrected chi connectivity index (χ3v) is 4.91. The van der Waals surface area contributed by atoms with Crippen molar-refractivity contribution in [2.24, 2.45) is 0 Å². The Morgan fingerprint density at radius 2 is 1.73 bits per heavy atom. The molecule has 2 rings (SSSR count). The number of carbonyl (C=O) groups excluding carboxylic acids is 2. The SMILES string of the molecule is CCC(C(=O)NC(C)(C)C)N(Cc1ccccc1C)C(=O)COc1ccc(Cl)cc1. The molecule has 0 aromatic heterocycles. The fraction of sp³-hybridized carbons (Fsp3) is 0.417. The molecule has 0 heterocycles. The molecule has 2 aromatic rings. The standard InChI is InChI=1S/C24H31ClN2O3/c1-6-21(23(29)26-24(3,4)5)27(15-18-10-8-7-9-17(18)2)22(28)16-30-20-13-11-19(25)12-14-20/h7-14,21H,6,15-16H2,1-5H3,(H,26,29). The zero-order valence-corrected chi connectivity index (χ0v) is 19.1. The minimum atomic E-state index is -0.592. The van der Waals surface area contributed by atoms with Crippen molar-refractivity contribution in [2.45, 2.75) is 59.2 Å². The minimum absolute atomic E-state index is 0.160. The van der Waals surface area contributed by atoms with E-state index >= 15 is 0 Å². The second-order valence-electron chi connectivity index (χ2n) is 8.35. The molecule has 0 bridgehead atoms. The lowest BCUT2D eigenvalue weighted by Crippen LogP contribution is -2.54. The van der Waals surface area contributed by atoms with Gasteiger partial charge in [0, 0.05) is 17.1 Å². The van der Waals surface area contributed by atoms with Gasteiger partial charge in [-0.3, -0.25) is 9.59 Å². The molecule has 2 aromatic carbocycles. The molecular formula is C24H31ClN2O3. The number of halogens is 1. The summed E-state index contributed by atoms with van der Waals surface area (Å²) in [5.41, 5.74) is 1.68. The summed E-state index contributed by atoms with van der Waals surface area (Å²) in [6.45, 7) is 9.86. The Morgan fingerprint density at radius 1 is 1.10 bits per heavy atom. The quantitative estimate of drug-likeness (QED) is 0.657. The van der Waals surface area contributed by atoms with Gasteiger partial charge in [0.1, 0.15) is 11.8 Å². The number of ether oxygens (including phenoxy) is 1. The molecule has 2 amide bonds. The predicted octanol–water partition coefficient (Wildman–Crippen LogP) is 4.75. The third kappa shape index (κ3) is 7.06. The molecule has 1 atom stereocenters. The van der Waals surface area contributed by atoms with Crippen LogP contribution in [0, 0.1) is 6.92 Å². The molecule has 0 fully saturated rings. The van der Waals surface area contributed by atoms with E-state index in [0.29, 0.717) is 23.7 Å². The molecule has 6 heteroatoms. The Hall–Kier alpha value is -2.53. The number of amides is 2. The molecule has 162 valence electrons. The van der Waals surface area contributed by atoms with Crippen LogP contribution in [-0.2, 0) is 16.1 Å². The second kappa shape index (κ2) is 10.5. The highest BCUT2D eigenvalue weighted by molar-refractivity contribution is 6.30. The van der Waals surface area contributed by atoms with E-state index < -0.39 is 6.04 Å². The van der Waals surface area contributed by atoms with Gasteiger partial charge in [-0.05, 0) is 69.5 Å².